The molecule has 0 heterocycles. The first kappa shape index (κ1) is 22.9. The SMILES string of the molecule is CSCC[C@H](N)C(=O)N[C@@H](Cc1ccccc1)C(=O)N[C@H](C(=O)O)[C@@H](C)O. The van der Waals surface area contributed by atoms with Gasteiger partial charge in [0.2, 0.25) is 11.8 Å². The Hall–Kier alpha value is -2.10. The van der Waals surface area contributed by atoms with E-state index in [-0.39, 0.29) is 6.42 Å². The molecule has 9 heteroatoms. The number of hydrogen-bond acceptors (Lipinski definition) is 6. The highest BCUT2D eigenvalue weighted by Crippen LogP contribution is 2.06. The maximum absolute atomic E-state index is 12.6. The van der Waals surface area contributed by atoms with Gasteiger partial charge in [-0.1, -0.05) is 30.3 Å². The van der Waals surface area contributed by atoms with Crippen LogP contribution in [0.3, 0.4) is 0 Å². The van der Waals surface area contributed by atoms with Gasteiger partial charge in [0.05, 0.1) is 12.1 Å². The molecule has 0 aliphatic carbocycles. The average Bonchev–Trinajstić information content (AvgIpc) is 2.63. The van der Waals surface area contributed by atoms with Gasteiger partial charge in [-0.25, -0.2) is 4.79 Å². The molecule has 0 aromatic heterocycles. The molecule has 0 bridgehead atoms. The van der Waals surface area contributed by atoms with Gasteiger partial charge in [0.15, 0.2) is 6.04 Å². The number of nitrogens with one attached hydrogen (secondary N) is 2. The van der Waals surface area contributed by atoms with E-state index in [1.807, 2.05) is 12.3 Å². The quantitative estimate of drug-likeness (QED) is 0.346. The van der Waals surface area contributed by atoms with Crippen LogP contribution in [-0.4, -0.2) is 64.2 Å². The smallest absolute Gasteiger partial charge is 0.328 e. The van der Waals surface area contributed by atoms with E-state index in [4.69, 9.17) is 10.8 Å². The van der Waals surface area contributed by atoms with Crippen LogP contribution in [0, 0.1) is 0 Å². The second-order valence-electron chi connectivity index (χ2n) is 6.20. The summed E-state index contributed by atoms with van der Waals surface area (Å²) in [7, 11) is 0. The Morgan fingerprint density at radius 1 is 1.15 bits per heavy atom. The summed E-state index contributed by atoms with van der Waals surface area (Å²) in [6.45, 7) is 1.27. The van der Waals surface area contributed by atoms with Crippen LogP contribution in [0.1, 0.15) is 18.9 Å². The van der Waals surface area contributed by atoms with Crippen molar-refractivity contribution in [2.75, 3.05) is 12.0 Å². The second-order valence-corrected chi connectivity index (χ2v) is 7.19. The van der Waals surface area contributed by atoms with E-state index in [9.17, 15) is 19.5 Å². The maximum atomic E-state index is 12.6. The largest absolute Gasteiger partial charge is 0.480 e. The topological polar surface area (TPSA) is 142 Å². The summed E-state index contributed by atoms with van der Waals surface area (Å²) in [5.74, 6) is -1.84. The Balaban J connectivity index is 2.91. The van der Waals surface area contributed by atoms with Crippen molar-refractivity contribution < 1.29 is 24.6 Å². The number of thioether (sulfide) groups is 1. The molecule has 0 spiro atoms. The van der Waals surface area contributed by atoms with Crippen molar-refractivity contribution in [3.8, 4) is 0 Å². The lowest BCUT2D eigenvalue weighted by molar-refractivity contribution is -0.145. The van der Waals surface area contributed by atoms with Crippen LogP contribution in [0.5, 0.6) is 0 Å². The van der Waals surface area contributed by atoms with Crippen molar-refractivity contribution in [3.63, 3.8) is 0 Å². The van der Waals surface area contributed by atoms with Crippen LogP contribution in [0.25, 0.3) is 0 Å². The number of aliphatic hydroxyl groups is 1. The maximum Gasteiger partial charge on any atom is 0.328 e. The predicted molar refractivity (Wildman–Crippen MR) is 104 cm³/mol. The van der Waals surface area contributed by atoms with Crippen LogP contribution in [0.15, 0.2) is 30.3 Å². The zero-order valence-electron chi connectivity index (χ0n) is 15.4. The minimum Gasteiger partial charge on any atom is -0.480 e. The van der Waals surface area contributed by atoms with E-state index in [1.165, 1.54) is 6.92 Å². The Labute approximate surface area is 162 Å². The molecule has 0 radical (unpaired) electrons. The third-order valence-electron chi connectivity index (χ3n) is 3.93. The summed E-state index contributed by atoms with van der Waals surface area (Å²) in [6, 6.07) is 5.75. The van der Waals surface area contributed by atoms with Crippen molar-refractivity contribution in [3.05, 3.63) is 35.9 Å². The third kappa shape index (κ3) is 7.98. The zero-order chi connectivity index (χ0) is 20.4. The molecule has 0 aliphatic rings. The van der Waals surface area contributed by atoms with Crippen molar-refractivity contribution in [1.29, 1.82) is 0 Å². The molecule has 1 aromatic rings. The van der Waals surface area contributed by atoms with Gasteiger partial charge in [0.1, 0.15) is 6.04 Å². The lowest BCUT2D eigenvalue weighted by atomic mass is 10.0. The lowest BCUT2D eigenvalue weighted by Crippen LogP contribution is -2.57. The number of aliphatic carboxylic acids is 1. The van der Waals surface area contributed by atoms with Crippen LogP contribution >= 0.6 is 11.8 Å². The van der Waals surface area contributed by atoms with Crippen molar-refractivity contribution >= 4 is 29.5 Å². The van der Waals surface area contributed by atoms with Gasteiger partial charge in [-0.2, -0.15) is 11.8 Å². The number of rotatable bonds is 11. The highest BCUT2D eigenvalue weighted by atomic mass is 32.2. The Kier molecular flexibility index (Phi) is 9.84. The fourth-order valence-corrected chi connectivity index (χ4v) is 2.85. The molecule has 0 saturated carbocycles. The standard InChI is InChI=1S/C18H27N3O5S/c1-11(22)15(18(25)26)21-17(24)14(10-12-6-4-3-5-7-12)20-16(23)13(19)8-9-27-2/h3-7,11,13-15,22H,8-10,19H2,1-2H3,(H,20,23)(H,21,24)(H,25,26)/t11-,13+,14+,15+/m1/s1. The molecule has 27 heavy (non-hydrogen) atoms. The monoisotopic (exact) mass is 397 g/mol. The van der Waals surface area contributed by atoms with E-state index in [2.05, 4.69) is 10.6 Å². The molecule has 1 aromatic carbocycles. The molecule has 2 amide bonds. The summed E-state index contributed by atoms with van der Waals surface area (Å²) in [5.41, 5.74) is 6.64. The van der Waals surface area contributed by atoms with E-state index in [1.54, 1.807) is 36.0 Å². The first-order valence-corrected chi connectivity index (χ1v) is 9.95. The third-order valence-corrected chi connectivity index (χ3v) is 4.58. The van der Waals surface area contributed by atoms with Gasteiger partial charge in [-0.05, 0) is 30.9 Å². The summed E-state index contributed by atoms with van der Waals surface area (Å²) in [6.07, 6.45) is 1.24. The highest BCUT2D eigenvalue weighted by molar-refractivity contribution is 7.98. The molecular formula is C18H27N3O5S. The molecule has 0 saturated heterocycles. The second kappa shape index (κ2) is 11.6. The first-order valence-electron chi connectivity index (χ1n) is 8.56. The van der Waals surface area contributed by atoms with Crippen molar-refractivity contribution in [1.82, 2.24) is 10.6 Å². The number of amides is 2. The number of carboxylic acids is 1. The van der Waals surface area contributed by atoms with Crippen LogP contribution in [-0.2, 0) is 20.8 Å². The molecular weight excluding hydrogens is 370 g/mol. The summed E-state index contributed by atoms with van der Waals surface area (Å²) < 4.78 is 0. The number of carbonyl (C=O) groups is 3. The van der Waals surface area contributed by atoms with Crippen molar-refractivity contribution in [2.45, 2.75) is 44.0 Å². The molecule has 0 aliphatic heterocycles. The average molecular weight is 397 g/mol. The van der Waals surface area contributed by atoms with Crippen molar-refractivity contribution in [2.24, 2.45) is 5.73 Å². The van der Waals surface area contributed by atoms with Crippen LogP contribution < -0.4 is 16.4 Å². The van der Waals surface area contributed by atoms with Gasteiger partial charge < -0.3 is 26.6 Å². The number of carbonyl (C=O) groups excluding carboxylic acids is 2. The Morgan fingerprint density at radius 3 is 2.30 bits per heavy atom. The summed E-state index contributed by atoms with van der Waals surface area (Å²) >= 11 is 1.56. The minimum atomic E-state index is -1.47. The normalized spacial score (nSPS) is 15.3. The molecule has 1 rings (SSSR count). The number of hydrogen-bond donors (Lipinski definition) is 5. The minimum absolute atomic E-state index is 0.166. The molecule has 4 atom stereocenters. The van der Waals surface area contributed by atoms with Gasteiger partial charge in [0, 0.05) is 6.42 Å². The number of carboxylic acid groups (broad SMARTS) is 1. The zero-order valence-corrected chi connectivity index (χ0v) is 16.2. The molecule has 0 unspecified atom stereocenters. The van der Waals surface area contributed by atoms with Gasteiger partial charge >= 0.3 is 5.97 Å². The first-order chi connectivity index (χ1) is 12.8. The fraction of sp³-hybridized carbons (Fsp3) is 0.500. The number of aliphatic hydroxyl groups excluding tert-OH is 1. The number of nitrogens with two attached hydrogens (primary N) is 1. The highest BCUT2D eigenvalue weighted by Gasteiger charge is 2.30. The van der Waals surface area contributed by atoms with E-state index in [0.717, 1.165) is 5.56 Å². The van der Waals surface area contributed by atoms with Crippen LogP contribution in [0.2, 0.25) is 0 Å². The van der Waals surface area contributed by atoms with E-state index < -0.39 is 42.0 Å². The Bertz CT molecular complexity index is 627. The molecule has 8 nitrogen and oxygen atoms in total. The summed E-state index contributed by atoms with van der Waals surface area (Å²) in [5, 5.41) is 23.6. The van der Waals surface area contributed by atoms with E-state index in [0.29, 0.717) is 12.2 Å². The predicted octanol–water partition coefficient (Wildman–Crippen LogP) is -0.255. The molecule has 0 fully saturated rings. The van der Waals surface area contributed by atoms with Crippen LogP contribution in [0.4, 0.5) is 0 Å². The van der Waals surface area contributed by atoms with Gasteiger partial charge in [-0.3, -0.25) is 9.59 Å². The molecule has 150 valence electrons. The number of benzene rings is 1. The summed E-state index contributed by atoms with van der Waals surface area (Å²) in [4.78, 5) is 36.1. The van der Waals surface area contributed by atoms with E-state index >= 15 is 0 Å². The molecule has 6 N–H and O–H groups in total. The Morgan fingerprint density at radius 2 is 1.78 bits per heavy atom. The van der Waals surface area contributed by atoms with Gasteiger partial charge in [0.25, 0.3) is 0 Å². The van der Waals surface area contributed by atoms with Gasteiger partial charge in [-0.15, -0.1) is 0 Å². The fourth-order valence-electron chi connectivity index (χ4n) is 2.36. The lowest BCUT2D eigenvalue weighted by Gasteiger charge is -2.24.